The van der Waals surface area contributed by atoms with E-state index in [0.717, 1.165) is 25.9 Å². The van der Waals surface area contributed by atoms with E-state index in [1.165, 1.54) is 0 Å². The smallest absolute Gasteiger partial charge is 0.251 e. The van der Waals surface area contributed by atoms with Crippen molar-refractivity contribution in [3.8, 4) is 0 Å². The lowest BCUT2D eigenvalue weighted by Gasteiger charge is -2.28. The van der Waals surface area contributed by atoms with Crippen LogP contribution >= 0.6 is 0 Å². The van der Waals surface area contributed by atoms with E-state index in [1.54, 1.807) is 11.2 Å². The number of carbonyl (C=O) groups is 1. The van der Waals surface area contributed by atoms with Crippen LogP contribution in [0.25, 0.3) is 0 Å². The zero-order valence-corrected chi connectivity index (χ0v) is 7.86. The van der Waals surface area contributed by atoms with Crippen molar-refractivity contribution < 1.29 is 4.79 Å². The first-order valence-electron chi connectivity index (χ1n) is 4.87. The molecule has 1 atom stereocenters. The van der Waals surface area contributed by atoms with Gasteiger partial charge in [0.25, 0.3) is 5.91 Å². The summed E-state index contributed by atoms with van der Waals surface area (Å²) in [6, 6.07) is 0.329. The fourth-order valence-electron chi connectivity index (χ4n) is 1.83. The highest BCUT2D eigenvalue weighted by Gasteiger charge is 2.31. The van der Waals surface area contributed by atoms with Crippen LogP contribution in [0.5, 0.6) is 0 Å². The zero-order chi connectivity index (χ0) is 9.26. The molecule has 0 saturated carbocycles. The highest BCUT2D eigenvalue weighted by Crippen LogP contribution is 2.18. The summed E-state index contributed by atoms with van der Waals surface area (Å²) >= 11 is 0. The van der Waals surface area contributed by atoms with Crippen molar-refractivity contribution >= 4 is 12.1 Å². The average Bonchev–Trinajstić information content (AvgIpc) is 2.49. The lowest BCUT2D eigenvalue weighted by atomic mass is 10.1. The Labute approximate surface area is 78.0 Å². The third kappa shape index (κ3) is 1.58. The number of nitrogens with zero attached hydrogens (tertiary/aromatic N) is 2. The van der Waals surface area contributed by atoms with E-state index in [9.17, 15) is 4.79 Å². The molecule has 0 aromatic heterocycles. The highest BCUT2D eigenvalue weighted by molar-refractivity contribution is 5.96. The Bertz CT molecular complexity index is 233. The number of hydrogen-bond acceptors (Lipinski definition) is 3. The number of amides is 1. The summed E-state index contributed by atoms with van der Waals surface area (Å²) in [6.45, 7) is 3.89. The van der Waals surface area contributed by atoms with Gasteiger partial charge in [-0.05, 0) is 32.9 Å². The van der Waals surface area contributed by atoms with Gasteiger partial charge in [-0.2, -0.15) is 5.10 Å². The minimum Gasteiger partial charge on any atom is -0.317 e. The molecule has 1 N–H and O–H groups in total. The Kier molecular flexibility index (Phi) is 2.31. The van der Waals surface area contributed by atoms with Crippen LogP contribution in [0.2, 0.25) is 0 Å². The summed E-state index contributed by atoms with van der Waals surface area (Å²) in [5, 5.41) is 9.10. The van der Waals surface area contributed by atoms with Gasteiger partial charge in [0, 0.05) is 6.21 Å². The Morgan fingerprint density at radius 3 is 2.77 bits per heavy atom. The summed E-state index contributed by atoms with van der Waals surface area (Å²) in [4.78, 5) is 11.6. The van der Waals surface area contributed by atoms with Crippen LogP contribution in [-0.4, -0.2) is 36.3 Å². The molecule has 1 unspecified atom stereocenters. The molecule has 0 aromatic carbocycles. The second-order valence-electron chi connectivity index (χ2n) is 3.72. The molecule has 0 spiro atoms. The molecule has 4 nitrogen and oxygen atoms in total. The standard InChI is InChI=1S/C9H15N3O/c1-7-6-11-12(9(7)13)8-2-4-10-5-3-8/h6-8,10H,2-5H2,1H3. The number of nitrogens with one attached hydrogen (secondary N) is 1. The third-order valence-electron chi connectivity index (χ3n) is 2.68. The fourth-order valence-corrected chi connectivity index (χ4v) is 1.83. The predicted octanol–water partition coefficient (Wildman–Crippen LogP) is 0.202. The molecule has 2 aliphatic heterocycles. The molecule has 2 heterocycles. The second kappa shape index (κ2) is 3.46. The quantitative estimate of drug-likeness (QED) is 0.628. The molecule has 13 heavy (non-hydrogen) atoms. The molecule has 1 saturated heterocycles. The van der Waals surface area contributed by atoms with Gasteiger partial charge in [-0.1, -0.05) is 0 Å². The molecule has 2 aliphatic rings. The molecular weight excluding hydrogens is 166 g/mol. The lowest BCUT2D eigenvalue weighted by molar-refractivity contribution is -0.134. The van der Waals surface area contributed by atoms with Gasteiger partial charge in [0.2, 0.25) is 0 Å². The number of rotatable bonds is 1. The second-order valence-corrected chi connectivity index (χ2v) is 3.72. The van der Waals surface area contributed by atoms with Crippen molar-refractivity contribution in [2.45, 2.75) is 25.8 Å². The molecule has 0 aromatic rings. The minimum atomic E-state index is -0.0186. The monoisotopic (exact) mass is 181 g/mol. The first kappa shape index (κ1) is 8.69. The molecule has 4 heteroatoms. The van der Waals surface area contributed by atoms with Gasteiger partial charge < -0.3 is 5.32 Å². The molecular formula is C9H15N3O. The largest absolute Gasteiger partial charge is 0.317 e. The molecule has 72 valence electrons. The van der Waals surface area contributed by atoms with Gasteiger partial charge in [-0.25, -0.2) is 5.01 Å². The SMILES string of the molecule is CC1C=NN(C2CCNCC2)C1=O. The van der Waals surface area contributed by atoms with Crippen LogP contribution in [-0.2, 0) is 4.79 Å². The van der Waals surface area contributed by atoms with E-state index in [4.69, 9.17) is 0 Å². The normalized spacial score (nSPS) is 30.1. The lowest BCUT2D eigenvalue weighted by Crippen LogP contribution is -2.42. The van der Waals surface area contributed by atoms with Crippen molar-refractivity contribution in [3.63, 3.8) is 0 Å². The molecule has 2 rings (SSSR count). The van der Waals surface area contributed by atoms with Gasteiger partial charge >= 0.3 is 0 Å². The van der Waals surface area contributed by atoms with E-state index in [-0.39, 0.29) is 11.8 Å². The van der Waals surface area contributed by atoms with Crippen LogP contribution in [0.15, 0.2) is 5.10 Å². The van der Waals surface area contributed by atoms with Gasteiger partial charge in [0.15, 0.2) is 0 Å². The Morgan fingerprint density at radius 2 is 2.23 bits per heavy atom. The summed E-state index contributed by atoms with van der Waals surface area (Å²) in [6.07, 6.45) is 3.79. The van der Waals surface area contributed by atoms with Crippen molar-refractivity contribution in [1.29, 1.82) is 0 Å². The van der Waals surface area contributed by atoms with Gasteiger partial charge in [-0.3, -0.25) is 4.79 Å². The van der Waals surface area contributed by atoms with Crippen LogP contribution < -0.4 is 5.32 Å². The molecule has 1 amide bonds. The molecule has 0 radical (unpaired) electrons. The zero-order valence-electron chi connectivity index (χ0n) is 7.86. The third-order valence-corrected chi connectivity index (χ3v) is 2.68. The van der Waals surface area contributed by atoms with Crippen LogP contribution in [0, 0.1) is 5.92 Å². The number of carbonyl (C=O) groups excluding carboxylic acids is 1. The predicted molar refractivity (Wildman–Crippen MR) is 50.4 cm³/mol. The van der Waals surface area contributed by atoms with E-state index in [1.807, 2.05) is 6.92 Å². The number of hydrazone groups is 1. The van der Waals surface area contributed by atoms with Gasteiger partial charge in [0.1, 0.15) is 0 Å². The topological polar surface area (TPSA) is 44.7 Å². The summed E-state index contributed by atoms with van der Waals surface area (Å²) < 4.78 is 0. The maximum atomic E-state index is 11.6. The Morgan fingerprint density at radius 1 is 1.54 bits per heavy atom. The van der Waals surface area contributed by atoms with Crippen LogP contribution in [0.3, 0.4) is 0 Å². The maximum Gasteiger partial charge on any atom is 0.251 e. The molecule has 1 fully saturated rings. The fraction of sp³-hybridized carbons (Fsp3) is 0.778. The van der Waals surface area contributed by atoms with Crippen molar-refractivity contribution in [2.24, 2.45) is 11.0 Å². The van der Waals surface area contributed by atoms with Gasteiger partial charge in [0.05, 0.1) is 12.0 Å². The first-order valence-corrected chi connectivity index (χ1v) is 4.87. The minimum absolute atomic E-state index is 0.0186. The van der Waals surface area contributed by atoms with Crippen molar-refractivity contribution in [3.05, 3.63) is 0 Å². The summed E-state index contributed by atoms with van der Waals surface area (Å²) in [5.74, 6) is 0.141. The summed E-state index contributed by atoms with van der Waals surface area (Å²) in [5.41, 5.74) is 0. The molecule has 0 bridgehead atoms. The van der Waals surface area contributed by atoms with Crippen molar-refractivity contribution in [2.75, 3.05) is 13.1 Å². The van der Waals surface area contributed by atoms with Crippen LogP contribution in [0.4, 0.5) is 0 Å². The maximum absolute atomic E-state index is 11.6. The number of piperidine rings is 1. The summed E-state index contributed by atoms with van der Waals surface area (Å²) in [7, 11) is 0. The van der Waals surface area contributed by atoms with Gasteiger partial charge in [-0.15, -0.1) is 0 Å². The Hall–Kier alpha value is -0.900. The van der Waals surface area contributed by atoms with E-state index >= 15 is 0 Å². The van der Waals surface area contributed by atoms with Crippen molar-refractivity contribution in [1.82, 2.24) is 10.3 Å². The van der Waals surface area contributed by atoms with E-state index in [2.05, 4.69) is 10.4 Å². The van der Waals surface area contributed by atoms with E-state index < -0.39 is 0 Å². The average molecular weight is 181 g/mol. The molecule has 0 aliphatic carbocycles. The Balaban J connectivity index is 2.00. The highest BCUT2D eigenvalue weighted by atomic mass is 16.2. The van der Waals surface area contributed by atoms with Crippen LogP contribution in [0.1, 0.15) is 19.8 Å². The number of hydrogen-bond donors (Lipinski definition) is 1. The van der Waals surface area contributed by atoms with E-state index in [0.29, 0.717) is 6.04 Å². The first-order chi connectivity index (χ1) is 6.29.